The van der Waals surface area contributed by atoms with E-state index in [1.54, 1.807) is 36.4 Å². The largest absolute Gasteiger partial charge is 0.454 e. The predicted molar refractivity (Wildman–Crippen MR) is 94.4 cm³/mol. The smallest absolute Gasteiger partial charge is 0.325 e. The van der Waals surface area contributed by atoms with Crippen LogP contribution in [0.4, 0.5) is 0 Å². The van der Waals surface area contributed by atoms with Crippen LogP contribution in [0.15, 0.2) is 54.0 Å². The van der Waals surface area contributed by atoms with E-state index < -0.39 is 18.5 Å². The molecule has 7 heteroatoms. The molecule has 1 N–H and O–H groups in total. The van der Waals surface area contributed by atoms with Gasteiger partial charge in [0.05, 0.1) is 0 Å². The van der Waals surface area contributed by atoms with Crippen LogP contribution in [0.1, 0.15) is 10.4 Å². The highest BCUT2D eigenvalue weighted by Gasteiger charge is 2.14. The summed E-state index contributed by atoms with van der Waals surface area (Å²) in [5, 5.41) is 2.44. The molecule has 0 aliphatic carbocycles. The molecular formula is C17H19BrN2O4. The van der Waals surface area contributed by atoms with Crippen molar-refractivity contribution in [3.63, 3.8) is 0 Å². The van der Waals surface area contributed by atoms with Crippen molar-refractivity contribution >= 4 is 33.7 Å². The number of amides is 2. The van der Waals surface area contributed by atoms with E-state index in [1.807, 2.05) is 0 Å². The molecule has 0 saturated heterocycles. The Balaban J connectivity index is 2.40. The lowest BCUT2D eigenvalue weighted by Crippen LogP contribution is -2.37. The second kappa shape index (κ2) is 10.4. The zero-order chi connectivity index (χ0) is 17.9. The number of carbonyl (C=O) groups excluding carboxylic acids is 3. The van der Waals surface area contributed by atoms with E-state index in [0.717, 1.165) is 4.47 Å². The van der Waals surface area contributed by atoms with Gasteiger partial charge in [-0.15, -0.1) is 13.2 Å². The van der Waals surface area contributed by atoms with Crippen molar-refractivity contribution < 1.29 is 19.1 Å². The molecule has 0 unspecified atom stereocenters. The van der Waals surface area contributed by atoms with Gasteiger partial charge < -0.3 is 15.0 Å². The minimum atomic E-state index is -0.691. The van der Waals surface area contributed by atoms with Crippen LogP contribution in [0, 0.1) is 0 Å². The predicted octanol–water partition coefficient (Wildman–Crippen LogP) is 1.92. The van der Waals surface area contributed by atoms with Gasteiger partial charge in [0.25, 0.3) is 11.8 Å². The Bertz CT molecular complexity index is 621. The summed E-state index contributed by atoms with van der Waals surface area (Å²) in [4.78, 5) is 36.8. The fraction of sp³-hybridized carbons (Fsp3) is 0.235. The summed E-state index contributed by atoms with van der Waals surface area (Å²) in [6.07, 6.45) is 3.14. The summed E-state index contributed by atoms with van der Waals surface area (Å²) in [6.45, 7) is 7.07. The maximum absolute atomic E-state index is 11.9. The van der Waals surface area contributed by atoms with Crippen molar-refractivity contribution in [2.24, 2.45) is 0 Å². The van der Waals surface area contributed by atoms with Gasteiger partial charge in [0.2, 0.25) is 0 Å². The quantitative estimate of drug-likeness (QED) is 0.512. The number of ether oxygens (including phenoxy) is 1. The lowest BCUT2D eigenvalue weighted by Gasteiger charge is -2.18. The fourth-order valence-electron chi connectivity index (χ4n) is 1.76. The molecule has 0 aromatic heterocycles. The van der Waals surface area contributed by atoms with Crippen molar-refractivity contribution in [3.05, 3.63) is 59.6 Å². The maximum atomic E-state index is 11.9. The van der Waals surface area contributed by atoms with Crippen LogP contribution < -0.4 is 5.32 Å². The highest BCUT2D eigenvalue weighted by atomic mass is 79.9. The molecular weight excluding hydrogens is 376 g/mol. The summed E-state index contributed by atoms with van der Waals surface area (Å²) < 4.78 is 5.62. The molecule has 0 aliphatic rings. The van der Waals surface area contributed by atoms with E-state index in [-0.39, 0.29) is 12.5 Å². The van der Waals surface area contributed by atoms with E-state index in [0.29, 0.717) is 18.7 Å². The van der Waals surface area contributed by atoms with E-state index in [1.165, 1.54) is 4.90 Å². The Morgan fingerprint density at radius 3 is 2.46 bits per heavy atom. The fourth-order valence-corrected chi connectivity index (χ4v) is 2.16. The number of hydrogen-bond acceptors (Lipinski definition) is 4. The van der Waals surface area contributed by atoms with Gasteiger partial charge in [-0.25, -0.2) is 0 Å². The molecule has 0 bridgehead atoms. The van der Waals surface area contributed by atoms with E-state index >= 15 is 0 Å². The monoisotopic (exact) mass is 394 g/mol. The molecule has 0 aliphatic heterocycles. The summed E-state index contributed by atoms with van der Waals surface area (Å²) in [5.41, 5.74) is 0.413. The first-order valence-corrected chi connectivity index (χ1v) is 7.96. The average molecular weight is 395 g/mol. The third-order valence-electron chi connectivity index (χ3n) is 2.89. The Morgan fingerprint density at radius 1 is 1.21 bits per heavy atom. The number of nitrogens with zero attached hydrogens (tertiary/aromatic N) is 1. The van der Waals surface area contributed by atoms with Gasteiger partial charge in [-0.1, -0.05) is 34.1 Å². The van der Waals surface area contributed by atoms with Crippen LogP contribution in [0.2, 0.25) is 0 Å². The van der Waals surface area contributed by atoms with E-state index in [9.17, 15) is 14.4 Å². The molecule has 1 aromatic rings. The number of nitrogens with one attached hydrogen (secondary N) is 1. The second-order valence-electron chi connectivity index (χ2n) is 4.73. The molecule has 1 rings (SSSR count). The Hall–Kier alpha value is -2.41. The van der Waals surface area contributed by atoms with Gasteiger partial charge >= 0.3 is 5.97 Å². The first kappa shape index (κ1) is 19.6. The van der Waals surface area contributed by atoms with Gasteiger partial charge in [-0.3, -0.25) is 14.4 Å². The first-order valence-electron chi connectivity index (χ1n) is 7.17. The third-order valence-corrected chi connectivity index (χ3v) is 3.38. The van der Waals surface area contributed by atoms with Crippen molar-refractivity contribution in [1.82, 2.24) is 10.2 Å². The van der Waals surface area contributed by atoms with Crippen molar-refractivity contribution in [2.75, 3.05) is 26.2 Å². The van der Waals surface area contributed by atoms with Crippen molar-refractivity contribution in [2.45, 2.75) is 0 Å². The van der Waals surface area contributed by atoms with E-state index in [4.69, 9.17) is 4.74 Å². The van der Waals surface area contributed by atoms with Crippen molar-refractivity contribution in [3.8, 4) is 0 Å². The molecule has 6 nitrogen and oxygen atoms in total. The van der Waals surface area contributed by atoms with Gasteiger partial charge in [-0.2, -0.15) is 0 Å². The Morgan fingerprint density at radius 2 is 1.88 bits per heavy atom. The highest BCUT2D eigenvalue weighted by Crippen LogP contribution is 2.11. The summed E-state index contributed by atoms with van der Waals surface area (Å²) >= 11 is 3.26. The van der Waals surface area contributed by atoms with E-state index in [2.05, 4.69) is 34.4 Å². The highest BCUT2D eigenvalue weighted by molar-refractivity contribution is 9.10. The minimum Gasteiger partial charge on any atom is -0.454 e. The van der Waals surface area contributed by atoms with Gasteiger partial charge in [0.15, 0.2) is 6.61 Å². The number of halogens is 1. The molecule has 0 fully saturated rings. The summed E-state index contributed by atoms with van der Waals surface area (Å²) in [6, 6.07) is 6.75. The number of rotatable bonds is 9. The normalized spacial score (nSPS) is 9.71. The molecule has 0 heterocycles. The van der Waals surface area contributed by atoms with Crippen molar-refractivity contribution in [1.29, 1.82) is 0 Å². The van der Waals surface area contributed by atoms with Crippen LogP contribution in [0.25, 0.3) is 0 Å². The zero-order valence-electron chi connectivity index (χ0n) is 13.2. The molecule has 0 radical (unpaired) electrons. The number of carbonyl (C=O) groups is 3. The standard InChI is InChI=1S/C17H19BrN2O4/c1-3-8-20(9-4-2)15(21)12-24-16(22)11-19-17(23)13-6-5-7-14(18)10-13/h3-7,10H,1-2,8-9,11-12H2,(H,19,23). The number of esters is 1. The molecule has 0 saturated carbocycles. The number of hydrogen-bond donors (Lipinski definition) is 1. The molecule has 24 heavy (non-hydrogen) atoms. The lowest BCUT2D eigenvalue weighted by atomic mass is 10.2. The van der Waals surface area contributed by atoms with Gasteiger partial charge in [-0.05, 0) is 18.2 Å². The average Bonchev–Trinajstić information content (AvgIpc) is 2.57. The first-order chi connectivity index (χ1) is 11.5. The van der Waals surface area contributed by atoms with Crippen LogP contribution >= 0.6 is 15.9 Å². The molecule has 0 spiro atoms. The molecule has 0 atom stereocenters. The topological polar surface area (TPSA) is 75.7 Å². The third kappa shape index (κ3) is 6.78. The van der Waals surface area contributed by atoms with Gasteiger partial charge in [0.1, 0.15) is 6.54 Å². The molecule has 128 valence electrons. The molecule has 1 aromatic carbocycles. The Kier molecular flexibility index (Phi) is 8.49. The van der Waals surface area contributed by atoms with Gasteiger partial charge in [0, 0.05) is 23.1 Å². The minimum absolute atomic E-state index is 0.318. The SMILES string of the molecule is C=CCN(CC=C)C(=O)COC(=O)CNC(=O)c1cccc(Br)c1. The maximum Gasteiger partial charge on any atom is 0.325 e. The van der Waals surface area contributed by atoms with Crippen LogP contribution in [-0.2, 0) is 14.3 Å². The zero-order valence-corrected chi connectivity index (χ0v) is 14.8. The number of benzene rings is 1. The summed E-state index contributed by atoms with van der Waals surface area (Å²) in [5.74, 6) is -1.45. The summed E-state index contributed by atoms with van der Waals surface area (Å²) in [7, 11) is 0. The van der Waals surface area contributed by atoms with Crippen LogP contribution in [0.5, 0.6) is 0 Å². The van der Waals surface area contributed by atoms with Crippen LogP contribution in [-0.4, -0.2) is 48.9 Å². The Labute approximate surface area is 149 Å². The lowest BCUT2D eigenvalue weighted by molar-refractivity contribution is -0.150. The molecule has 2 amide bonds. The second-order valence-corrected chi connectivity index (χ2v) is 5.65. The van der Waals surface area contributed by atoms with Crippen LogP contribution in [0.3, 0.4) is 0 Å².